The monoisotopic (exact) mass is 428 g/mol. The van der Waals surface area contributed by atoms with Crippen molar-refractivity contribution in [3.63, 3.8) is 0 Å². The molecule has 29 heavy (non-hydrogen) atoms. The highest BCUT2D eigenvalue weighted by atomic mass is 35.5. The van der Waals surface area contributed by atoms with Crippen molar-refractivity contribution in [2.75, 3.05) is 29.1 Å². The van der Waals surface area contributed by atoms with Gasteiger partial charge in [0.05, 0.1) is 27.8 Å². The Morgan fingerprint density at radius 1 is 1.07 bits per heavy atom. The number of carbonyl (C=O) groups excluding carboxylic acids is 1. The summed E-state index contributed by atoms with van der Waals surface area (Å²) in [6, 6.07) is 15.2. The van der Waals surface area contributed by atoms with E-state index in [4.69, 9.17) is 11.6 Å². The second-order valence-electron chi connectivity index (χ2n) is 6.73. The summed E-state index contributed by atoms with van der Waals surface area (Å²) < 4.78 is 1.62. The van der Waals surface area contributed by atoms with Crippen LogP contribution in [0.15, 0.2) is 53.7 Å². The first-order valence-corrected chi connectivity index (χ1v) is 10.9. The molecule has 0 aliphatic carbocycles. The SMILES string of the molecule is O=C(CSc1nnnn1-c1ccccc1)Nc1cccc(Cl)c1N1CCCCC1. The molecule has 9 heteroatoms. The van der Waals surface area contributed by atoms with E-state index in [9.17, 15) is 4.79 Å². The molecule has 0 unspecified atom stereocenters. The van der Waals surface area contributed by atoms with E-state index >= 15 is 0 Å². The summed E-state index contributed by atoms with van der Waals surface area (Å²) in [5, 5.41) is 16.0. The van der Waals surface area contributed by atoms with Gasteiger partial charge in [-0.3, -0.25) is 4.79 Å². The molecule has 2 heterocycles. The fraction of sp³-hybridized carbons (Fsp3) is 0.300. The first kappa shape index (κ1) is 19.7. The summed E-state index contributed by atoms with van der Waals surface area (Å²) >= 11 is 7.75. The van der Waals surface area contributed by atoms with Gasteiger partial charge in [0.1, 0.15) is 0 Å². The average molecular weight is 429 g/mol. The molecule has 2 aromatic carbocycles. The summed E-state index contributed by atoms with van der Waals surface area (Å²) in [7, 11) is 0. The molecule has 1 amide bonds. The fourth-order valence-corrected chi connectivity index (χ4v) is 4.36. The number of aromatic nitrogens is 4. The number of benzene rings is 2. The highest BCUT2D eigenvalue weighted by Crippen LogP contribution is 2.35. The number of halogens is 1. The van der Waals surface area contributed by atoms with Crippen LogP contribution in [-0.4, -0.2) is 45.0 Å². The van der Waals surface area contributed by atoms with Gasteiger partial charge < -0.3 is 10.2 Å². The third kappa shape index (κ3) is 4.71. The molecule has 4 rings (SSSR count). The third-order valence-corrected chi connectivity index (χ3v) is 5.93. The molecule has 1 saturated heterocycles. The lowest BCUT2D eigenvalue weighted by Gasteiger charge is -2.31. The molecule has 1 fully saturated rings. The Morgan fingerprint density at radius 3 is 2.66 bits per heavy atom. The predicted octanol–water partition coefficient (Wildman–Crippen LogP) is 4.04. The van der Waals surface area contributed by atoms with E-state index in [0.29, 0.717) is 10.2 Å². The molecule has 0 radical (unpaired) electrons. The zero-order valence-electron chi connectivity index (χ0n) is 15.8. The maximum Gasteiger partial charge on any atom is 0.234 e. The van der Waals surface area contributed by atoms with Crippen LogP contribution in [0.5, 0.6) is 0 Å². The largest absolute Gasteiger partial charge is 0.369 e. The van der Waals surface area contributed by atoms with Crippen LogP contribution in [-0.2, 0) is 4.79 Å². The molecule has 7 nitrogen and oxygen atoms in total. The number of rotatable bonds is 6. The van der Waals surface area contributed by atoms with Crippen LogP contribution in [0, 0.1) is 0 Å². The molecule has 1 aromatic heterocycles. The van der Waals surface area contributed by atoms with Crippen LogP contribution < -0.4 is 10.2 Å². The van der Waals surface area contributed by atoms with E-state index in [-0.39, 0.29) is 11.7 Å². The van der Waals surface area contributed by atoms with E-state index in [2.05, 4.69) is 25.7 Å². The number of piperidine rings is 1. The summed E-state index contributed by atoms with van der Waals surface area (Å²) in [5.74, 6) is 0.0669. The van der Waals surface area contributed by atoms with Gasteiger partial charge in [-0.05, 0) is 54.0 Å². The number of carbonyl (C=O) groups is 1. The van der Waals surface area contributed by atoms with Crippen LogP contribution in [0.3, 0.4) is 0 Å². The summed E-state index contributed by atoms with van der Waals surface area (Å²) in [4.78, 5) is 14.9. The number of amides is 1. The second-order valence-corrected chi connectivity index (χ2v) is 8.08. The minimum atomic E-state index is -0.127. The van der Waals surface area contributed by atoms with Gasteiger partial charge in [-0.1, -0.05) is 47.6 Å². The number of anilines is 2. The Labute approximate surface area is 178 Å². The third-order valence-electron chi connectivity index (χ3n) is 4.71. The number of hydrogen-bond donors (Lipinski definition) is 1. The predicted molar refractivity (Wildman–Crippen MR) is 116 cm³/mol. The van der Waals surface area contributed by atoms with Crippen LogP contribution in [0.1, 0.15) is 19.3 Å². The molecule has 3 aromatic rings. The highest BCUT2D eigenvalue weighted by molar-refractivity contribution is 7.99. The number of thioether (sulfide) groups is 1. The van der Waals surface area contributed by atoms with Crippen molar-refractivity contribution in [3.05, 3.63) is 53.6 Å². The lowest BCUT2D eigenvalue weighted by molar-refractivity contribution is -0.113. The second kappa shape index (κ2) is 9.28. The molecule has 150 valence electrons. The Morgan fingerprint density at radius 2 is 1.86 bits per heavy atom. The lowest BCUT2D eigenvalue weighted by Crippen LogP contribution is -2.31. The number of tetrazole rings is 1. The maximum absolute atomic E-state index is 12.6. The van der Waals surface area contributed by atoms with E-state index in [1.54, 1.807) is 4.68 Å². The summed E-state index contributed by atoms with van der Waals surface area (Å²) in [6.45, 7) is 1.90. The first-order valence-electron chi connectivity index (χ1n) is 9.52. The van der Waals surface area contributed by atoms with Crippen molar-refractivity contribution in [1.82, 2.24) is 20.2 Å². The highest BCUT2D eigenvalue weighted by Gasteiger charge is 2.19. The molecular weight excluding hydrogens is 408 g/mol. The van der Waals surface area contributed by atoms with Crippen molar-refractivity contribution >= 4 is 40.6 Å². The molecule has 1 aliphatic heterocycles. The number of nitrogens with one attached hydrogen (secondary N) is 1. The van der Waals surface area contributed by atoms with Crippen LogP contribution in [0.4, 0.5) is 11.4 Å². The zero-order valence-corrected chi connectivity index (χ0v) is 17.4. The molecule has 0 saturated carbocycles. The van der Waals surface area contributed by atoms with Gasteiger partial charge >= 0.3 is 0 Å². The molecule has 0 spiro atoms. The van der Waals surface area contributed by atoms with E-state index < -0.39 is 0 Å². The number of para-hydroxylation sites is 2. The lowest BCUT2D eigenvalue weighted by atomic mass is 10.1. The van der Waals surface area contributed by atoms with E-state index in [1.165, 1.54) is 18.2 Å². The Balaban J connectivity index is 1.44. The minimum Gasteiger partial charge on any atom is -0.369 e. The molecular formula is C20H21ClN6OS. The van der Waals surface area contributed by atoms with Crippen molar-refractivity contribution in [2.24, 2.45) is 0 Å². The van der Waals surface area contributed by atoms with Gasteiger partial charge in [0, 0.05) is 13.1 Å². The van der Waals surface area contributed by atoms with Crippen LogP contribution in [0.25, 0.3) is 5.69 Å². The summed E-state index contributed by atoms with van der Waals surface area (Å²) in [6.07, 6.45) is 3.50. The maximum atomic E-state index is 12.6. The van der Waals surface area contributed by atoms with Gasteiger partial charge in [-0.2, -0.15) is 4.68 Å². The van der Waals surface area contributed by atoms with Crippen molar-refractivity contribution in [2.45, 2.75) is 24.4 Å². The number of hydrogen-bond acceptors (Lipinski definition) is 6. The molecule has 0 atom stereocenters. The fourth-order valence-electron chi connectivity index (χ4n) is 3.37. The van der Waals surface area contributed by atoms with E-state index in [1.807, 2.05) is 48.5 Å². The van der Waals surface area contributed by atoms with Crippen LogP contribution >= 0.6 is 23.4 Å². The quantitative estimate of drug-likeness (QED) is 0.597. The molecule has 1 N–H and O–H groups in total. The van der Waals surface area contributed by atoms with Gasteiger partial charge in [0.15, 0.2) is 0 Å². The van der Waals surface area contributed by atoms with Crippen LogP contribution in [0.2, 0.25) is 5.02 Å². The first-order chi connectivity index (χ1) is 14.2. The molecule has 1 aliphatic rings. The summed E-state index contributed by atoms with van der Waals surface area (Å²) in [5.41, 5.74) is 2.50. The Hall–Kier alpha value is -2.58. The zero-order chi connectivity index (χ0) is 20.1. The van der Waals surface area contributed by atoms with Gasteiger partial charge in [0.2, 0.25) is 11.1 Å². The Kier molecular flexibility index (Phi) is 6.31. The van der Waals surface area contributed by atoms with E-state index in [0.717, 1.165) is 43.0 Å². The van der Waals surface area contributed by atoms with Gasteiger partial charge in [0.25, 0.3) is 0 Å². The van der Waals surface area contributed by atoms with Crippen molar-refractivity contribution < 1.29 is 4.79 Å². The van der Waals surface area contributed by atoms with Crippen molar-refractivity contribution in [3.8, 4) is 5.69 Å². The number of nitrogens with zero attached hydrogens (tertiary/aromatic N) is 5. The van der Waals surface area contributed by atoms with Gasteiger partial charge in [-0.15, -0.1) is 5.10 Å². The minimum absolute atomic E-state index is 0.127. The van der Waals surface area contributed by atoms with Crippen molar-refractivity contribution in [1.29, 1.82) is 0 Å². The smallest absolute Gasteiger partial charge is 0.234 e. The Bertz CT molecular complexity index is 974. The molecule has 0 bridgehead atoms. The standard InChI is InChI=1S/C20H21ClN6OS/c21-16-10-7-11-17(19(16)26-12-5-2-6-13-26)22-18(28)14-29-20-23-24-25-27(20)15-8-3-1-4-9-15/h1,3-4,7-11H,2,5-6,12-14H2,(H,22,28). The van der Waals surface area contributed by atoms with Gasteiger partial charge in [-0.25, -0.2) is 0 Å². The normalized spacial score (nSPS) is 14.0. The average Bonchev–Trinajstić information content (AvgIpc) is 3.22. The topological polar surface area (TPSA) is 75.9 Å².